The molecule has 6 heteroatoms. The fraction of sp³-hybridized carbons (Fsp3) is 0.385. The highest BCUT2D eigenvalue weighted by Gasteiger charge is 2.31. The van der Waals surface area contributed by atoms with Crippen molar-refractivity contribution >= 4 is 43.7 Å². The Balaban J connectivity index is 2.28. The molecule has 2 N–H and O–H groups in total. The van der Waals surface area contributed by atoms with Gasteiger partial charge in [-0.3, -0.25) is 9.59 Å². The van der Waals surface area contributed by atoms with Gasteiger partial charge in [0.25, 0.3) is 5.91 Å². The molecule has 1 heterocycles. The second-order valence-electron chi connectivity index (χ2n) is 4.54. The molecule has 1 aliphatic heterocycles. The van der Waals surface area contributed by atoms with E-state index >= 15 is 0 Å². The predicted octanol–water partition coefficient (Wildman–Crippen LogP) is 2.69. The number of primary amides is 1. The van der Waals surface area contributed by atoms with Crippen LogP contribution in [-0.2, 0) is 4.79 Å². The average molecular weight is 390 g/mol. The lowest BCUT2D eigenvalue weighted by Crippen LogP contribution is -2.50. The molecule has 0 aliphatic carbocycles. The predicted molar refractivity (Wildman–Crippen MR) is 79.7 cm³/mol. The van der Waals surface area contributed by atoms with Crippen LogP contribution in [0.4, 0.5) is 0 Å². The van der Waals surface area contributed by atoms with Gasteiger partial charge in [0, 0.05) is 15.5 Å². The van der Waals surface area contributed by atoms with Crippen LogP contribution in [0.25, 0.3) is 0 Å². The summed E-state index contributed by atoms with van der Waals surface area (Å²) in [7, 11) is 0. The fourth-order valence-electron chi connectivity index (χ4n) is 2.29. The maximum absolute atomic E-state index is 12.5. The van der Waals surface area contributed by atoms with Crippen LogP contribution < -0.4 is 5.73 Å². The SMILES string of the molecule is NC(=O)C1CCCCN1C(=O)c1ccc(Br)cc1Br. The highest BCUT2D eigenvalue weighted by molar-refractivity contribution is 9.11. The highest BCUT2D eigenvalue weighted by Crippen LogP contribution is 2.26. The molecule has 0 radical (unpaired) electrons. The molecule has 1 fully saturated rings. The zero-order valence-electron chi connectivity index (χ0n) is 10.2. The van der Waals surface area contributed by atoms with Crippen LogP contribution in [0.3, 0.4) is 0 Å². The first-order valence-corrected chi connectivity index (χ1v) is 7.64. The van der Waals surface area contributed by atoms with Gasteiger partial charge in [-0.25, -0.2) is 0 Å². The summed E-state index contributed by atoms with van der Waals surface area (Å²) in [5.41, 5.74) is 5.94. The molecule has 1 saturated heterocycles. The Hall–Kier alpha value is -0.880. The molecular formula is C13H14Br2N2O2. The third-order valence-corrected chi connectivity index (χ3v) is 4.40. The topological polar surface area (TPSA) is 63.4 Å². The number of rotatable bonds is 2. The van der Waals surface area contributed by atoms with Crippen molar-refractivity contribution < 1.29 is 9.59 Å². The Kier molecular flexibility index (Phi) is 4.62. The fourth-order valence-corrected chi connectivity index (χ4v) is 3.50. The van der Waals surface area contributed by atoms with Gasteiger partial charge in [-0.1, -0.05) is 15.9 Å². The molecule has 0 spiro atoms. The standard InChI is InChI=1S/C13H14Br2N2O2/c14-8-4-5-9(10(15)7-8)13(19)17-6-2-1-3-11(17)12(16)18/h4-5,7,11H,1-3,6H2,(H2,16,18). The number of amides is 2. The molecule has 4 nitrogen and oxygen atoms in total. The van der Waals surface area contributed by atoms with Crippen LogP contribution in [0.2, 0.25) is 0 Å². The van der Waals surface area contributed by atoms with Gasteiger partial charge in [0.1, 0.15) is 6.04 Å². The van der Waals surface area contributed by atoms with Crippen molar-refractivity contribution in [3.05, 3.63) is 32.7 Å². The Bertz CT molecular complexity index is 519. The molecule has 2 rings (SSSR count). The van der Waals surface area contributed by atoms with Crippen molar-refractivity contribution in [3.63, 3.8) is 0 Å². The van der Waals surface area contributed by atoms with Crippen LogP contribution in [-0.4, -0.2) is 29.3 Å². The van der Waals surface area contributed by atoms with E-state index in [1.54, 1.807) is 17.0 Å². The molecule has 2 amide bonds. The number of carbonyl (C=O) groups is 2. The van der Waals surface area contributed by atoms with Gasteiger partial charge in [-0.05, 0) is 53.4 Å². The number of halogens is 2. The van der Waals surface area contributed by atoms with E-state index in [1.165, 1.54) is 0 Å². The van der Waals surface area contributed by atoms with Gasteiger partial charge in [-0.15, -0.1) is 0 Å². The summed E-state index contributed by atoms with van der Waals surface area (Å²) in [6.45, 7) is 0.578. The lowest BCUT2D eigenvalue weighted by molar-refractivity contribution is -0.123. The largest absolute Gasteiger partial charge is 0.368 e. The summed E-state index contributed by atoms with van der Waals surface area (Å²) in [6.07, 6.45) is 2.48. The minimum atomic E-state index is -0.489. The van der Waals surface area contributed by atoms with Crippen LogP contribution in [0, 0.1) is 0 Å². The van der Waals surface area contributed by atoms with Crippen molar-refractivity contribution in [2.45, 2.75) is 25.3 Å². The Labute approximate surface area is 128 Å². The van der Waals surface area contributed by atoms with Crippen molar-refractivity contribution in [3.8, 4) is 0 Å². The zero-order chi connectivity index (χ0) is 14.0. The number of piperidine rings is 1. The second-order valence-corrected chi connectivity index (χ2v) is 6.31. The summed E-state index contributed by atoms with van der Waals surface area (Å²) in [5.74, 6) is -0.579. The van der Waals surface area contributed by atoms with Crippen molar-refractivity contribution in [2.75, 3.05) is 6.54 Å². The average Bonchev–Trinajstić information content (AvgIpc) is 2.38. The molecule has 1 aliphatic rings. The number of likely N-dealkylation sites (tertiary alicyclic amines) is 1. The Morgan fingerprint density at radius 1 is 1.26 bits per heavy atom. The van der Waals surface area contributed by atoms with E-state index in [1.807, 2.05) is 6.07 Å². The van der Waals surface area contributed by atoms with Gasteiger partial charge < -0.3 is 10.6 Å². The lowest BCUT2D eigenvalue weighted by Gasteiger charge is -2.33. The van der Waals surface area contributed by atoms with Gasteiger partial charge >= 0.3 is 0 Å². The van der Waals surface area contributed by atoms with E-state index in [0.29, 0.717) is 23.0 Å². The molecule has 1 aromatic rings. The number of hydrogen-bond acceptors (Lipinski definition) is 2. The van der Waals surface area contributed by atoms with E-state index < -0.39 is 11.9 Å². The van der Waals surface area contributed by atoms with Crippen LogP contribution in [0.5, 0.6) is 0 Å². The quantitative estimate of drug-likeness (QED) is 0.845. The first-order chi connectivity index (χ1) is 9.00. The lowest BCUT2D eigenvalue weighted by atomic mass is 10.0. The van der Waals surface area contributed by atoms with E-state index in [4.69, 9.17) is 5.73 Å². The highest BCUT2D eigenvalue weighted by atomic mass is 79.9. The third kappa shape index (κ3) is 3.17. The summed E-state index contributed by atoms with van der Waals surface area (Å²) >= 11 is 6.73. The zero-order valence-corrected chi connectivity index (χ0v) is 13.4. The maximum atomic E-state index is 12.5. The van der Waals surface area contributed by atoms with Crippen molar-refractivity contribution in [1.82, 2.24) is 4.90 Å². The first kappa shape index (κ1) is 14.5. The van der Waals surface area contributed by atoms with E-state index in [0.717, 1.165) is 17.3 Å². The number of nitrogens with two attached hydrogens (primary N) is 1. The Morgan fingerprint density at radius 3 is 2.63 bits per heavy atom. The number of benzene rings is 1. The molecule has 0 saturated carbocycles. The van der Waals surface area contributed by atoms with Crippen LogP contribution in [0.15, 0.2) is 27.1 Å². The molecular weight excluding hydrogens is 376 g/mol. The van der Waals surface area contributed by atoms with Gasteiger partial charge in [0.15, 0.2) is 0 Å². The number of carbonyl (C=O) groups excluding carboxylic acids is 2. The molecule has 1 atom stereocenters. The summed E-state index contributed by atoms with van der Waals surface area (Å²) in [5, 5.41) is 0. The van der Waals surface area contributed by atoms with Crippen molar-refractivity contribution in [1.29, 1.82) is 0 Å². The maximum Gasteiger partial charge on any atom is 0.255 e. The molecule has 1 aromatic carbocycles. The molecule has 102 valence electrons. The van der Waals surface area contributed by atoms with Crippen LogP contribution >= 0.6 is 31.9 Å². The molecule has 0 aromatic heterocycles. The van der Waals surface area contributed by atoms with E-state index in [9.17, 15) is 9.59 Å². The Morgan fingerprint density at radius 2 is 2.00 bits per heavy atom. The normalized spacial score (nSPS) is 19.3. The summed E-state index contributed by atoms with van der Waals surface area (Å²) < 4.78 is 1.60. The molecule has 0 bridgehead atoms. The van der Waals surface area contributed by atoms with E-state index in [-0.39, 0.29) is 5.91 Å². The molecule has 1 unspecified atom stereocenters. The van der Waals surface area contributed by atoms with E-state index in [2.05, 4.69) is 31.9 Å². The monoisotopic (exact) mass is 388 g/mol. The number of nitrogens with zero attached hydrogens (tertiary/aromatic N) is 1. The summed E-state index contributed by atoms with van der Waals surface area (Å²) in [4.78, 5) is 25.6. The smallest absolute Gasteiger partial charge is 0.255 e. The van der Waals surface area contributed by atoms with Crippen LogP contribution in [0.1, 0.15) is 29.6 Å². The van der Waals surface area contributed by atoms with Crippen molar-refractivity contribution in [2.24, 2.45) is 5.73 Å². The summed E-state index contributed by atoms with van der Waals surface area (Å²) in [6, 6.07) is 4.87. The second kappa shape index (κ2) is 6.05. The third-order valence-electron chi connectivity index (χ3n) is 3.25. The number of hydrogen-bond donors (Lipinski definition) is 1. The minimum absolute atomic E-state index is 0.150. The van der Waals surface area contributed by atoms with Gasteiger partial charge in [-0.2, -0.15) is 0 Å². The first-order valence-electron chi connectivity index (χ1n) is 6.06. The minimum Gasteiger partial charge on any atom is -0.368 e. The van der Waals surface area contributed by atoms with Gasteiger partial charge in [0.05, 0.1) is 5.56 Å². The van der Waals surface area contributed by atoms with Gasteiger partial charge in [0.2, 0.25) is 5.91 Å². The molecule has 19 heavy (non-hydrogen) atoms.